The van der Waals surface area contributed by atoms with Gasteiger partial charge in [-0.15, -0.1) is 48.0 Å². The van der Waals surface area contributed by atoms with Crippen LogP contribution in [-0.2, 0) is 0 Å². The molecule has 0 spiro atoms. The van der Waals surface area contributed by atoms with Gasteiger partial charge in [-0.1, -0.05) is 18.2 Å². The van der Waals surface area contributed by atoms with Crippen LogP contribution >= 0.6 is 48.0 Å². The van der Waals surface area contributed by atoms with Crippen molar-refractivity contribution >= 4 is 48.0 Å². The fourth-order valence-corrected chi connectivity index (χ4v) is 0.676. The lowest BCUT2D eigenvalue weighted by Gasteiger charge is -1.59. The predicted octanol–water partition coefficient (Wildman–Crippen LogP) is 2.74. The highest BCUT2D eigenvalue weighted by Gasteiger charge is 2.06. The zero-order chi connectivity index (χ0) is 6.69. The molecule has 0 aromatic rings. The summed E-state index contributed by atoms with van der Waals surface area (Å²) in [5.74, 6) is 0. The molecule has 0 unspecified atom stereocenters. The minimum atomic E-state index is 0. The maximum atomic E-state index is 2.75. The molecule has 0 bridgehead atoms. The molecule has 0 aliphatic heterocycles. The van der Waals surface area contributed by atoms with Crippen molar-refractivity contribution < 1.29 is 0 Å². The summed E-state index contributed by atoms with van der Waals surface area (Å²) in [6.07, 6.45) is 0. The smallest absolute Gasteiger partial charge is 0.0167 e. The van der Waals surface area contributed by atoms with Crippen molar-refractivity contribution in [1.29, 1.82) is 0 Å². The van der Waals surface area contributed by atoms with E-state index in [2.05, 4.69) is 29.6 Å². The maximum absolute atomic E-state index is 2.75. The van der Waals surface area contributed by atoms with Gasteiger partial charge < -0.3 is 5.32 Å². The van der Waals surface area contributed by atoms with E-state index in [1.807, 2.05) is 14.1 Å². The van der Waals surface area contributed by atoms with Crippen LogP contribution in [0.1, 0.15) is 0 Å². The van der Waals surface area contributed by atoms with E-state index in [9.17, 15) is 0 Å². The van der Waals surface area contributed by atoms with E-state index in [0.29, 0.717) is 0 Å². The molecule has 2 aliphatic carbocycles. The first kappa shape index (κ1) is 14.2. The lowest BCUT2D eigenvalue weighted by atomic mass is 10.6. The Balaban J connectivity index is 0. The van der Waals surface area contributed by atoms with E-state index in [1.54, 1.807) is 0 Å². The SMILES string of the molecule is CNC.I.I.c1cc2cc-2c1. The zero-order valence-electron chi connectivity index (χ0n) is 6.63. The third kappa shape index (κ3) is 4.97. The van der Waals surface area contributed by atoms with E-state index in [0.717, 1.165) is 0 Å². The molecule has 0 amide bonds. The van der Waals surface area contributed by atoms with E-state index in [-0.39, 0.29) is 48.0 Å². The van der Waals surface area contributed by atoms with Crippen LogP contribution in [0.15, 0.2) is 24.3 Å². The summed E-state index contributed by atoms with van der Waals surface area (Å²) >= 11 is 0. The maximum Gasteiger partial charge on any atom is -0.0167 e. The molecule has 0 radical (unpaired) electrons. The van der Waals surface area contributed by atoms with Crippen molar-refractivity contribution in [3.8, 4) is 11.1 Å². The summed E-state index contributed by atoms with van der Waals surface area (Å²) in [4.78, 5) is 0. The average molecular weight is 377 g/mol. The van der Waals surface area contributed by atoms with Gasteiger partial charge in [0.1, 0.15) is 0 Å². The number of nitrogens with one attached hydrogen (secondary N) is 1. The highest BCUT2D eigenvalue weighted by Crippen LogP contribution is 2.32. The fourth-order valence-electron chi connectivity index (χ4n) is 0.676. The van der Waals surface area contributed by atoms with Crippen LogP contribution in [0.2, 0.25) is 0 Å². The van der Waals surface area contributed by atoms with Gasteiger partial charge in [-0.05, 0) is 31.3 Å². The third-order valence-electron chi connectivity index (χ3n) is 1.11. The molecule has 0 heterocycles. The van der Waals surface area contributed by atoms with Gasteiger partial charge in [-0.3, -0.25) is 0 Å². The lowest BCUT2D eigenvalue weighted by molar-refractivity contribution is 1.02. The van der Waals surface area contributed by atoms with E-state index < -0.39 is 0 Å². The normalized spacial score (nSPS) is 7.82. The monoisotopic (exact) mass is 377 g/mol. The Morgan fingerprint density at radius 2 is 1.36 bits per heavy atom. The van der Waals surface area contributed by atoms with Crippen molar-refractivity contribution in [3.63, 3.8) is 0 Å². The number of rotatable bonds is 0. The molecular weight excluding hydrogens is 364 g/mol. The molecule has 0 aromatic heterocycles. The van der Waals surface area contributed by atoms with Gasteiger partial charge in [0.25, 0.3) is 0 Å². The first-order valence-corrected chi connectivity index (χ1v) is 3.07. The van der Waals surface area contributed by atoms with E-state index >= 15 is 0 Å². The van der Waals surface area contributed by atoms with Gasteiger partial charge in [0.05, 0.1) is 0 Å². The summed E-state index contributed by atoms with van der Waals surface area (Å²) in [5, 5.41) is 2.75. The van der Waals surface area contributed by atoms with Gasteiger partial charge in [0.15, 0.2) is 0 Å². The number of halogens is 2. The van der Waals surface area contributed by atoms with E-state index in [4.69, 9.17) is 0 Å². The van der Waals surface area contributed by atoms with Crippen molar-refractivity contribution in [2.24, 2.45) is 0 Å². The molecule has 11 heavy (non-hydrogen) atoms. The summed E-state index contributed by atoms with van der Waals surface area (Å²) in [7, 11) is 3.75. The molecule has 2 rings (SSSR count). The predicted molar refractivity (Wildman–Crippen MR) is 71.2 cm³/mol. The van der Waals surface area contributed by atoms with Gasteiger partial charge in [0.2, 0.25) is 0 Å². The molecule has 0 fully saturated rings. The van der Waals surface area contributed by atoms with Crippen LogP contribution in [0.25, 0.3) is 11.1 Å². The Morgan fingerprint density at radius 1 is 1.00 bits per heavy atom. The van der Waals surface area contributed by atoms with Crippen LogP contribution < -0.4 is 5.32 Å². The van der Waals surface area contributed by atoms with Crippen molar-refractivity contribution in [2.75, 3.05) is 14.1 Å². The van der Waals surface area contributed by atoms with Crippen LogP contribution in [-0.4, -0.2) is 14.1 Å². The Morgan fingerprint density at radius 3 is 1.45 bits per heavy atom. The second-order valence-corrected chi connectivity index (χ2v) is 2.08. The fraction of sp³-hybridized carbons (Fsp3) is 0.250. The number of benzene rings is 1. The number of hydrogen-bond donors (Lipinski definition) is 1. The quantitative estimate of drug-likeness (QED) is 0.697. The molecular formula is C8H13I2N. The minimum Gasteiger partial charge on any atom is -0.323 e. The molecule has 64 valence electrons. The van der Waals surface area contributed by atoms with Gasteiger partial charge in [-0.2, -0.15) is 0 Å². The molecule has 0 aromatic carbocycles. The highest BCUT2D eigenvalue weighted by atomic mass is 127. The first-order valence-electron chi connectivity index (χ1n) is 3.07. The molecule has 0 atom stereocenters. The molecule has 1 nitrogen and oxygen atoms in total. The lowest BCUT2D eigenvalue weighted by Crippen LogP contribution is -1.89. The highest BCUT2D eigenvalue weighted by molar-refractivity contribution is 14.0. The minimum absolute atomic E-state index is 0. The third-order valence-corrected chi connectivity index (χ3v) is 1.11. The molecule has 1 N–H and O–H groups in total. The van der Waals surface area contributed by atoms with Crippen LogP contribution in [0.3, 0.4) is 0 Å². The standard InChI is InChI=1S/C6H4.C2H7N.2HI/c1-2-5-4-6(5)3-1;1-3-2;;/h1-4H;3H,1-2H3;2*1H. The zero-order valence-corrected chi connectivity index (χ0v) is 11.3. The number of fused-ring (bicyclic) bond motifs is 1. The summed E-state index contributed by atoms with van der Waals surface area (Å²) in [6, 6.07) is 8.48. The van der Waals surface area contributed by atoms with Gasteiger partial charge >= 0.3 is 0 Å². The second kappa shape index (κ2) is 7.30. The Kier molecular flexibility index (Phi) is 9.41. The topological polar surface area (TPSA) is 12.0 Å². The van der Waals surface area contributed by atoms with Crippen molar-refractivity contribution in [2.45, 2.75) is 0 Å². The Hall–Kier alpha value is 0.640. The molecule has 3 heteroatoms. The van der Waals surface area contributed by atoms with Crippen LogP contribution in [0.5, 0.6) is 0 Å². The van der Waals surface area contributed by atoms with Gasteiger partial charge in [0, 0.05) is 0 Å². The second-order valence-electron chi connectivity index (χ2n) is 2.08. The van der Waals surface area contributed by atoms with Gasteiger partial charge in [-0.25, -0.2) is 0 Å². The summed E-state index contributed by atoms with van der Waals surface area (Å²) < 4.78 is 0. The summed E-state index contributed by atoms with van der Waals surface area (Å²) in [6.45, 7) is 0. The van der Waals surface area contributed by atoms with Crippen LogP contribution in [0, 0.1) is 0 Å². The van der Waals surface area contributed by atoms with E-state index in [1.165, 1.54) is 11.1 Å². The van der Waals surface area contributed by atoms with Crippen LogP contribution in [0.4, 0.5) is 0 Å². The molecule has 0 saturated carbocycles. The average Bonchev–Trinajstić information content (AvgIpc) is 2.43. The largest absolute Gasteiger partial charge is 0.323 e. The number of hydrogen-bond acceptors (Lipinski definition) is 1. The van der Waals surface area contributed by atoms with Crippen molar-refractivity contribution in [3.05, 3.63) is 24.3 Å². The molecule has 0 saturated heterocycles. The Bertz CT molecular complexity index is 184. The summed E-state index contributed by atoms with van der Waals surface area (Å²) in [5.41, 5.74) is 2.85. The van der Waals surface area contributed by atoms with Crippen molar-refractivity contribution in [1.82, 2.24) is 5.32 Å². The molecule has 2 aliphatic rings. The first-order chi connectivity index (χ1) is 4.38. The Labute approximate surface area is 102 Å².